The molecule has 2 aromatic rings. The molecule has 0 fully saturated rings. The number of ether oxygens (including phenoxy) is 6. The summed E-state index contributed by atoms with van der Waals surface area (Å²) >= 11 is 0. The quantitative estimate of drug-likeness (QED) is 0.599. The number of methoxy groups -OCH3 is 4. The van der Waals surface area contributed by atoms with Crippen LogP contribution in [-0.2, 0) is 9.47 Å². The summed E-state index contributed by atoms with van der Waals surface area (Å²) in [5.74, 6) is 1.98. The number of carbonyl (C=O) groups is 1. The fraction of sp³-hybridized carbons (Fsp3) is 0.316. The SMILES string of the molecule is COCOc1ccc(OC)cc1NC(=O)Nc1cc(OC)ccc1OCOC. The van der Waals surface area contributed by atoms with Crippen LogP contribution in [0.5, 0.6) is 23.0 Å². The molecule has 0 aromatic heterocycles. The van der Waals surface area contributed by atoms with Crippen LogP contribution in [0.15, 0.2) is 36.4 Å². The van der Waals surface area contributed by atoms with E-state index in [1.54, 1.807) is 36.4 Å². The largest absolute Gasteiger partial charge is 0.497 e. The van der Waals surface area contributed by atoms with Gasteiger partial charge < -0.3 is 39.1 Å². The number of amides is 2. The van der Waals surface area contributed by atoms with Crippen LogP contribution < -0.4 is 29.6 Å². The number of carbonyl (C=O) groups excluding carboxylic acids is 1. The van der Waals surface area contributed by atoms with Gasteiger partial charge in [-0.1, -0.05) is 0 Å². The smallest absolute Gasteiger partial charge is 0.323 e. The Labute approximate surface area is 163 Å². The van der Waals surface area contributed by atoms with E-state index >= 15 is 0 Å². The predicted molar refractivity (Wildman–Crippen MR) is 104 cm³/mol. The normalized spacial score (nSPS) is 10.1. The molecule has 2 rings (SSSR count). The van der Waals surface area contributed by atoms with Crippen molar-refractivity contribution in [1.29, 1.82) is 0 Å². The molecule has 9 nitrogen and oxygen atoms in total. The summed E-state index contributed by atoms with van der Waals surface area (Å²) in [6.07, 6.45) is 0. The van der Waals surface area contributed by atoms with Crippen LogP contribution >= 0.6 is 0 Å². The molecule has 0 spiro atoms. The standard InChI is InChI=1S/C19H24N2O7/c1-23-11-27-17-7-5-13(25-3)9-15(17)20-19(22)21-16-10-14(26-4)6-8-18(16)28-12-24-2/h5-10H,11-12H2,1-4H3,(H2,20,21,22). The van der Waals surface area contributed by atoms with Crippen molar-refractivity contribution in [3.8, 4) is 23.0 Å². The Hall–Kier alpha value is -3.17. The minimum atomic E-state index is -0.508. The van der Waals surface area contributed by atoms with Crippen LogP contribution in [0, 0.1) is 0 Å². The van der Waals surface area contributed by atoms with Crippen molar-refractivity contribution in [2.75, 3.05) is 52.7 Å². The van der Waals surface area contributed by atoms with Crippen molar-refractivity contribution in [2.45, 2.75) is 0 Å². The summed E-state index contributed by atoms with van der Waals surface area (Å²) in [4.78, 5) is 12.6. The van der Waals surface area contributed by atoms with Crippen LogP contribution in [0.4, 0.5) is 16.2 Å². The van der Waals surface area contributed by atoms with Gasteiger partial charge in [-0.05, 0) is 24.3 Å². The van der Waals surface area contributed by atoms with E-state index in [9.17, 15) is 4.79 Å². The van der Waals surface area contributed by atoms with Crippen molar-refractivity contribution in [1.82, 2.24) is 0 Å². The molecule has 2 aromatic carbocycles. The van der Waals surface area contributed by atoms with E-state index in [0.717, 1.165) is 0 Å². The summed E-state index contributed by atoms with van der Waals surface area (Å²) in [7, 11) is 6.08. The van der Waals surface area contributed by atoms with Crippen LogP contribution in [0.1, 0.15) is 0 Å². The number of urea groups is 1. The summed E-state index contributed by atoms with van der Waals surface area (Å²) in [5, 5.41) is 5.45. The van der Waals surface area contributed by atoms with Gasteiger partial charge >= 0.3 is 6.03 Å². The highest BCUT2D eigenvalue weighted by molar-refractivity contribution is 6.01. The second kappa shape index (κ2) is 10.9. The van der Waals surface area contributed by atoms with Crippen molar-refractivity contribution in [3.05, 3.63) is 36.4 Å². The van der Waals surface area contributed by atoms with E-state index in [0.29, 0.717) is 34.4 Å². The first kappa shape index (κ1) is 21.1. The first-order chi connectivity index (χ1) is 13.6. The molecule has 2 amide bonds. The lowest BCUT2D eigenvalue weighted by molar-refractivity contribution is 0.0515. The maximum atomic E-state index is 12.6. The number of hydrogen-bond acceptors (Lipinski definition) is 7. The molecule has 0 aliphatic carbocycles. The van der Waals surface area contributed by atoms with E-state index in [-0.39, 0.29) is 13.6 Å². The van der Waals surface area contributed by atoms with Crippen molar-refractivity contribution in [2.24, 2.45) is 0 Å². The third kappa shape index (κ3) is 5.93. The average molecular weight is 392 g/mol. The van der Waals surface area contributed by atoms with Crippen molar-refractivity contribution >= 4 is 17.4 Å². The van der Waals surface area contributed by atoms with Gasteiger partial charge in [0, 0.05) is 26.4 Å². The lowest BCUT2D eigenvalue weighted by atomic mass is 10.2. The number of nitrogens with one attached hydrogen (secondary N) is 2. The third-order valence-electron chi connectivity index (χ3n) is 3.53. The van der Waals surface area contributed by atoms with Gasteiger partial charge in [-0.15, -0.1) is 0 Å². The summed E-state index contributed by atoms with van der Waals surface area (Å²) in [6.45, 7) is 0.0705. The highest BCUT2D eigenvalue weighted by atomic mass is 16.7. The Kier molecular flexibility index (Phi) is 8.19. The third-order valence-corrected chi connectivity index (χ3v) is 3.53. The fourth-order valence-electron chi connectivity index (χ4n) is 2.24. The lowest BCUT2D eigenvalue weighted by Crippen LogP contribution is -2.21. The molecule has 0 bridgehead atoms. The zero-order valence-electron chi connectivity index (χ0n) is 16.2. The number of rotatable bonds is 10. The Balaban J connectivity index is 2.19. The van der Waals surface area contributed by atoms with Gasteiger partial charge in [0.25, 0.3) is 0 Å². The van der Waals surface area contributed by atoms with Crippen LogP contribution in [0.25, 0.3) is 0 Å². The maximum Gasteiger partial charge on any atom is 0.323 e. The Morgan fingerprint density at radius 1 is 0.750 bits per heavy atom. The fourth-order valence-corrected chi connectivity index (χ4v) is 2.24. The topological polar surface area (TPSA) is 96.5 Å². The van der Waals surface area contributed by atoms with Gasteiger partial charge in [0.05, 0.1) is 25.6 Å². The van der Waals surface area contributed by atoms with Crippen LogP contribution in [0.2, 0.25) is 0 Å². The Morgan fingerprint density at radius 3 is 1.54 bits per heavy atom. The number of benzene rings is 2. The van der Waals surface area contributed by atoms with Crippen molar-refractivity contribution in [3.63, 3.8) is 0 Å². The maximum absolute atomic E-state index is 12.6. The van der Waals surface area contributed by atoms with E-state index in [2.05, 4.69) is 10.6 Å². The molecule has 0 saturated carbocycles. The molecule has 9 heteroatoms. The second-order valence-corrected chi connectivity index (χ2v) is 5.41. The molecule has 0 aliphatic heterocycles. The monoisotopic (exact) mass is 392 g/mol. The van der Waals surface area contributed by atoms with E-state index in [4.69, 9.17) is 28.4 Å². The molecule has 0 radical (unpaired) electrons. The number of hydrogen-bond donors (Lipinski definition) is 2. The molecular formula is C19H24N2O7. The average Bonchev–Trinajstić information content (AvgIpc) is 2.71. The molecule has 0 saturated heterocycles. The molecular weight excluding hydrogens is 368 g/mol. The molecule has 28 heavy (non-hydrogen) atoms. The summed E-state index contributed by atoms with van der Waals surface area (Å²) in [6, 6.07) is 9.54. The Bertz CT molecular complexity index is 719. The molecule has 0 atom stereocenters. The molecule has 0 aliphatic rings. The van der Waals surface area contributed by atoms with E-state index in [1.807, 2.05) is 0 Å². The predicted octanol–water partition coefficient (Wildman–Crippen LogP) is 3.31. The zero-order chi connectivity index (χ0) is 20.4. The Morgan fingerprint density at radius 2 is 1.18 bits per heavy atom. The summed E-state index contributed by atoms with van der Waals surface area (Å²) in [5.41, 5.74) is 0.826. The molecule has 2 N–H and O–H groups in total. The highest BCUT2D eigenvalue weighted by Gasteiger charge is 2.13. The minimum Gasteiger partial charge on any atom is -0.497 e. The van der Waals surface area contributed by atoms with Crippen LogP contribution in [-0.4, -0.2) is 48.1 Å². The van der Waals surface area contributed by atoms with Gasteiger partial charge in [-0.25, -0.2) is 4.79 Å². The van der Waals surface area contributed by atoms with Crippen molar-refractivity contribution < 1.29 is 33.2 Å². The number of anilines is 2. The van der Waals surface area contributed by atoms with E-state index in [1.165, 1.54) is 28.4 Å². The second-order valence-electron chi connectivity index (χ2n) is 5.41. The first-order valence-corrected chi connectivity index (χ1v) is 8.28. The first-order valence-electron chi connectivity index (χ1n) is 8.28. The van der Waals surface area contributed by atoms with Gasteiger partial charge in [0.1, 0.15) is 23.0 Å². The molecule has 0 heterocycles. The molecule has 152 valence electrons. The van der Waals surface area contributed by atoms with Gasteiger partial charge in [-0.3, -0.25) is 0 Å². The van der Waals surface area contributed by atoms with Crippen LogP contribution in [0.3, 0.4) is 0 Å². The van der Waals surface area contributed by atoms with Gasteiger partial charge in [0.15, 0.2) is 13.6 Å². The summed E-state index contributed by atoms with van der Waals surface area (Å²) < 4.78 is 31.2. The zero-order valence-corrected chi connectivity index (χ0v) is 16.2. The highest BCUT2D eigenvalue weighted by Crippen LogP contribution is 2.31. The lowest BCUT2D eigenvalue weighted by Gasteiger charge is -2.16. The van der Waals surface area contributed by atoms with E-state index < -0.39 is 6.03 Å². The van der Waals surface area contributed by atoms with Gasteiger partial charge in [0.2, 0.25) is 0 Å². The molecule has 0 unspecified atom stereocenters. The minimum absolute atomic E-state index is 0.0352. The van der Waals surface area contributed by atoms with Gasteiger partial charge in [-0.2, -0.15) is 0 Å².